The first-order valence-electron chi connectivity index (χ1n) is 19.5. The fraction of sp³-hybridized carbons (Fsp3) is 0.386. The number of H-pyrrole nitrogens is 1. The van der Waals surface area contributed by atoms with Crippen molar-refractivity contribution in [2.24, 2.45) is 0 Å². The Morgan fingerprint density at radius 2 is 1.02 bits per heavy atom. The third kappa shape index (κ3) is 13.0. The maximum atomic E-state index is 12.3. The number of benzene rings is 3. The van der Waals surface area contributed by atoms with E-state index in [0.717, 1.165) is 87.1 Å². The first-order chi connectivity index (χ1) is 28.1. The minimum Gasteiger partial charge on any atom is -0.478 e. The zero-order valence-electron chi connectivity index (χ0n) is 35.6. The number of hydrogen-bond acceptors (Lipinski definition) is 5. The average molecular weight is 1180 g/mol. The smallest absolute Gasteiger partial charge is 0.337 e. The van der Waals surface area contributed by atoms with E-state index in [1.165, 1.54) is 0 Å². The lowest BCUT2D eigenvalue weighted by atomic mass is 10.1. The van der Waals surface area contributed by atoms with Crippen LogP contribution in [0.5, 0.6) is 0 Å². The summed E-state index contributed by atoms with van der Waals surface area (Å²) in [6.07, 6.45) is 5.94. The van der Waals surface area contributed by atoms with Gasteiger partial charge < -0.3 is 28.7 Å². The highest BCUT2D eigenvalue weighted by molar-refractivity contribution is 9.11. The molecule has 0 fully saturated rings. The third-order valence-electron chi connectivity index (χ3n) is 9.83. The number of carboxylic acid groups (broad SMARTS) is 1. The van der Waals surface area contributed by atoms with E-state index in [9.17, 15) is 19.5 Å². The Morgan fingerprint density at radius 3 is 1.45 bits per heavy atom. The number of fused-ring (bicyclic) bond motifs is 3. The lowest BCUT2D eigenvalue weighted by Crippen LogP contribution is -2.22. The highest BCUT2D eigenvalue weighted by Crippen LogP contribution is 2.34. The number of aromatic nitrogens is 3. The number of carbonyl (C=O) groups excluding carboxylic acids is 2. The molecule has 0 amide bonds. The van der Waals surface area contributed by atoms with Crippen molar-refractivity contribution in [3.8, 4) is 0 Å². The molecule has 0 aliphatic rings. The molecule has 9 nitrogen and oxygen atoms in total. The SMILES string of the molecule is Cc1c[nH]c2c(C(=O)CBr)ccc(Br)c12.Cc1cn(COCC[Si](C)(C)C)c2c(C(=O)CBr)ccc(Br)c12.Cc1cn(COCC[Si](C)(C)C)c2c(C(=O)O)ccc(Br)c12. The standard InChI is InChI=1S/C17H23Br2NO2Si.C16H22BrNO3Si.C11H9Br2NO/c1-12-10-20(11-22-7-8-23(2,3)4)17-13(15(21)9-18)5-6-14(19)16(12)17;1-11-9-18(10-21-7-8-22(2,3)4)15-12(16(19)20)5-6-13(17)14(11)15;1-6-5-14-11-7(9(15)4-12)2-3-8(13)10(6)11/h5-6,10H,7-9,11H2,1-4H3;5-6,9H,7-8,10H2,1-4H3,(H,19,20);2-3,5,14H,4H2,1H3. The summed E-state index contributed by atoms with van der Waals surface area (Å²) < 4.78 is 18.5. The Kier molecular flexibility index (Phi) is 18.5. The number of nitrogens with zero attached hydrogens (tertiary/aromatic N) is 2. The van der Waals surface area contributed by atoms with E-state index in [1.54, 1.807) is 12.1 Å². The van der Waals surface area contributed by atoms with Crippen LogP contribution in [-0.4, -0.2) is 76.8 Å². The summed E-state index contributed by atoms with van der Waals surface area (Å²) >= 11 is 17.1. The zero-order valence-corrected chi connectivity index (χ0v) is 45.6. The number of halogens is 5. The first-order valence-corrected chi connectivity index (χ1v) is 31.5. The molecular weight excluding hydrogens is 1120 g/mol. The Hall–Kier alpha value is -2.16. The van der Waals surface area contributed by atoms with E-state index in [2.05, 4.69) is 142 Å². The Balaban J connectivity index is 0.000000203. The van der Waals surface area contributed by atoms with E-state index >= 15 is 0 Å². The molecule has 6 rings (SSSR count). The largest absolute Gasteiger partial charge is 0.478 e. The number of hydrogen-bond donors (Lipinski definition) is 2. The van der Waals surface area contributed by atoms with E-state index in [-0.39, 0.29) is 11.6 Å². The van der Waals surface area contributed by atoms with Gasteiger partial charge in [0.2, 0.25) is 0 Å². The van der Waals surface area contributed by atoms with Crippen LogP contribution < -0.4 is 0 Å². The van der Waals surface area contributed by atoms with Crippen LogP contribution in [0.15, 0.2) is 68.4 Å². The number of aromatic carboxylic acids is 1. The van der Waals surface area contributed by atoms with E-state index in [0.29, 0.717) is 41.8 Å². The molecule has 0 bridgehead atoms. The van der Waals surface area contributed by atoms with Crippen molar-refractivity contribution >= 4 is 146 Å². The number of rotatable bonds is 15. The summed E-state index contributed by atoms with van der Waals surface area (Å²) in [5.41, 5.74) is 7.68. The van der Waals surface area contributed by atoms with Crippen molar-refractivity contribution in [2.75, 3.05) is 23.9 Å². The second kappa shape index (κ2) is 22.0. The molecule has 3 aromatic heterocycles. The fourth-order valence-corrected chi connectivity index (χ4v) is 10.7. The molecule has 0 spiro atoms. The second-order valence-electron chi connectivity index (χ2n) is 17.1. The van der Waals surface area contributed by atoms with E-state index in [1.807, 2.05) is 55.1 Å². The van der Waals surface area contributed by atoms with Gasteiger partial charge in [-0.25, -0.2) is 4.79 Å². The van der Waals surface area contributed by atoms with Crippen LogP contribution in [0.2, 0.25) is 51.4 Å². The molecule has 60 heavy (non-hydrogen) atoms. The summed E-state index contributed by atoms with van der Waals surface area (Å²) in [6.45, 7) is 22.4. The lowest BCUT2D eigenvalue weighted by Gasteiger charge is -2.16. The van der Waals surface area contributed by atoms with Gasteiger partial charge in [-0.1, -0.05) is 119 Å². The molecule has 0 saturated carbocycles. The predicted octanol–water partition coefficient (Wildman–Crippen LogP) is 14.1. The van der Waals surface area contributed by atoms with Gasteiger partial charge in [0.25, 0.3) is 0 Å². The van der Waals surface area contributed by atoms with Gasteiger partial charge >= 0.3 is 5.97 Å². The van der Waals surface area contributed by atoms with Crippen LogP contribution >= 0.6 is 79.6 Å². The Morgan fingerprint density at radius 1 is 0.617 bits per heavy atom. The monoisotopic (exact) mass is 1170 g/mol. The predicted molar refractivity (Wildman–Crippen MR) is 271 cm³/mol. The number of aryl methyl sites for hydroxylation is 3. The highest BCUT2D eigenvalue weighted by Gasteiger charge is 2.20. The minimum absolute atomic E-state index is 0.0870. The summed E-state index contributed by atoms with van der Waals surface area (Å²) in [6, 6.07) is 13.2. The molecule has 0 saturated heterocycles. The second-order valence-corrected chi connectivity index (χ2v) is 32.1. The topological polar surface area (TPSA) is 116 Å². The summed E-state index contributed by atoms with van der Waals surface area (Å²) in [7, 11) is -2.21. The third-order valence-corrected chi connectivity index (χ3v) is 16.2. The maximum Gasteiger partial charge on any atom is 0.337 e. The number of Topliss-reactive ketones (excluding diaryl/α,β-unsaturated/α-hetero) is 2. The molecule has 3 heterocycles. The number of ether oxygens (including phenoxy) is 2. The number of carbonyl (C=O) groups is 3. The highest BCUT2D eigenvalue weighted by atomic mass is 79.9. The summed E-state index contributed by atoms with van der Waals surface area (Å²) in [4.78, 5) is 38.5. The number of carboxylic acids is 1. The van der Waals surface area contributed by atoms with Crippen LogP contribution in [0.4, 0.5) is 0 Å². The number of aromatic amines is 1. The van der Waals surface area contributed by atoms with Crippen LogP contribution in [0.25, 0.3) is 32.7 Å². The van der Waals surface area contributed by atoms with Gasteiger partial charge in [0.15, 0.2) is 11.6 Å². The molecule has 0 atom stereocenters. The van der Waals surface area contributed by atoms with Crippen molar-refractivity contribution in [2.45, 2.75) is 85.6 Å². The van der Waals surface area contributed by atoms with Gasteiger partial charge in [-0.15, -0.1) is 0 Å². The molecule has 0 radical (unpaired) electrons. The van der Waals surface area contributed by atoms with E-state index < -0.39 is 22.1 Å². The quantitative estimate of drug-likeness (QED) is 0.0458. The first kappa shape index (κ1) is 50.5. The summed E-state index contributed by atoms with van der Waals surface area (Å²) in [5, 5.41) is 13.2. The molecule has 0 aliphatic heterocycles. The molecule has 2 N–H and O–H groups in total. The summed E-state index contributed by atoms with van der Waals surface area (Å²) in [5.74, 6) is -0.739. The van der Waals surface area contributed by atoms with Gasteiger partial charge in [0, 0.05) is 88.7 Å². The fourth-order valence-electron chi connectivity index (χ4n) is 6.63. The van der Waals surface area contributed by atoms with Crippen LogP contribution in [-0.2, 0) is 22.9 Å². The lowest BCUT2D eigenvalue weighted by molar-refractivity contribution is 0.0695. The van der Waals surface area contributed by atoms with Gasteiger partial charge in [-0.05, 0) is 85.9 Å². The van der Waals surface area contributed by atoms with Crippen molar-refractivity contribution in [3.63, 3.8) is 0 Å². The zero-order chi connectivity index (χ0) is 44.7. The van der Waals surface area contributed by atoms with Gasteiger partial charge in [-0.3, -0.25) is 9.59 Å². The van der Waals surface area contributed by atoms with Crippen molar-refractivity contribution in [1.29, 1.82) is 0 Å². The number of alkyl halides is 2. The molecular formula is C44H54Br5N3O6Si2. The van der Waals surface area contributed by atoms with Crippen molar-refractivity contribution in [3.05, 3.63) is 102 Å². The van der Waals surface area contributed by atoms with Gasteiger partial charge in [0.05, 0.1) is 32.8 Å². The van der Waals surface area contributed by atoms with Crippen molar-refractivity contribution < 1.29 is 29.0 Å². The number of nitrogens with one attached hydrogen (secondary N) is 1. The van der Waals surface area contributed by atoms with Crippen LogP contribution in [0, 0.1) is 20.8 Å². The molecule has 3 aromatic carbocycles. The van der Waals surface area contributed by atoms with Crippen LogP contribution in [0.3, 0.4) is 0 Å². The maximum absolute atomic E-state index is 12.3. The number of ketones is 2. The van der Waals surface area contributed by atoms with Gasteiger partial charge in [0.1, 0.15) is 13.5 Å². The molecule has 324 valence electrons. The Bertz CT molecular complexity index is 2500. The minimum atomic E-state index is -1.12. The molecule has 6 aromatic rings. The molecule has 0 unspecified atom stereocenters. The van der Waals surface area contributed by atoms with E-state index in [4.69, 9.17) is 9.47 Å². The van der Waals surface area contributed by atoms with Gasteiger partial charge in [-0.2, -0.15) is 0 Å². The van der Waals surface area contributed by atoms with Crippen molar-refractivity contribution in [1.82, 2.24) is 14.1 Å². The average Bonchev–Trinajstić information content (AvgIpc) is 3.84. The molecule has 16 heteroatoms. The normalized spacial score (nSPS) is 11.8. The molecule has 0 aliphatic carbocycles. The Labute approximate surface area is 397 Å². The van der Waals surface area contributed by atoms with Crippen LogP contribution in [0.1, 0.15) is 47.8 Å².